The third-order valence-electron chi connectivity index (χ3n) is 2.72. The zero-order valence-corrected chi connectivity index (χ0v) is 12.0. The fraction of sp³-hybridized carbons (Fsp3) is 0.0833. The van der Waals surface area contributed by atoms with Crippen molar-refractivity contribution in [1.29, 1.82) is 0 Å². The number of benzene rings is 1. The van der Waals surface area contributed by atoms with Gasteiger partial charge in [-0.25, -0.2) is 8.42 Å². The first-order chi connectivity index (χ1) is 10.1. The molecule has 0 aliphatic heterocycles. The van der Waals surface area contributed by atoms with Crippen molar-refractivity contribution in [3.63, 3.8) is 0 Å². The van der Waals surface area contributed by atoms with Crippen LogP contribution in [-0.2, 0) is 15.7 Å². The predicted octanol–water partition coefficient (Wildman–Crippen LogP) is 2.12. The van der Waals surface area contributed by atoms with Gasteiger partial charge in [0.15, 0.2) is 6.61 Å². The van der Waals surface area contributed by atoms with Crippen LogP contribution >= 0.6 is 10.7 Å². The highest BCUT2D eigenvalue weighted by atomic mass is 35.7. The summed E-state index contributed by atoms with van der Waals surface area (Å²) < 4.78 is 33.3. The molecular weight excluding hydrogens is 318 g/mol. The van der Waals surface area contributed by atoms with Gasteiger partial charge in [0.25, 0.3) is 9.05 Å². The van der Waals surface area contributed by atoms with Crippen molar-refractivity contribution >= 4 is 30.6 Å². The standard InChI is InChI=1S/C12H8ClN3O4S/c13-21(17,18)10-4-3-9(8-2-1-5-14-12(8)10)19-6-11-15-7-20-16-11/h1-5,7H,6H2. The number of fused-ring (bicyclic) bond motifs is 1. The number of aromatic nitrogens is 3. The van der Waals surface area contributed by atoms with E-state index in [1.54, 1.807) is 12.1 Å². The van der Waals surface area contributed by atoms with E-state index >= 15 is 0 Å². The molecule has 9 heteroatoms. The van der Waals surface area contributed by atoms with E-state index in [4.69, 9.17) is 15.4 Å². The minimum absolute atomic E-state index is 0.0633. The molecule has 108 valence electrons. The van der Waals surface area contributed by atoms with Gasteiger partial charge in [0.1, 0.15) is 10.6 Å². The molecule has 0 aliphatic rings. The number of hydrogen-bond acceptors (Lipinski definition) is 7. The molecule has 0 amide bonds. The lowest BCUT2D eigenvalue weighted by Gasteiger charge is -2.09. The predicted molar refractivity (Wildman–Crippen MR) is 73.4 cm³/mol. The monoisotopic (exact) mass is 325 g/mol. The molecular formula is C12H8ClN3O4S. The maximum atomic E-state index is 11.6. The Labute approximate surface area is 123 Å². The van der Waals surface area contributed by atoms with Crippen LogP contribution in [0.3, 0.4) is 0 Å². The summed E-state index contributed by atoms with van der Waals surface area (Å²) in [5.41, 5.74) is 0.248. The molecule has 1 aromatic carbocycles. The quantitative estimate of drug-likeness (QED) is 0.678. The molecule has 0 radical (unpaired) electrons. The second-order valence-electron chi connectivity index (χ2n) is 4.04. The minimum atomic E-state index is -3.89. The Bertz CT molecular complexity index is 881. The van der Waals surface area contributed by atoms with Gasteiger partial charge in [-0.15, -0.1) is 0 Å². The summed E-state index contributed by atoms with van der Waals surface area (Å²) >= 11 is 0. The first-order valence-electron chi connectivity index (χ1n) is 5.76. The van der Waals surface area contributed by atoms with Gasteiger partial charge < -0.3 is 9.26 Å². The molecule has 0 N–H and O–H groups in total. The molecule has 0 unspecified atom stereocenters. The highest BCUT2D eigenvalue weighted by molar-refractivity contribution is 8.14. The number of nitrogens with zero attached hydrogens (tertiary/aromatic N) is 3. The number of rotatable bonds is 4. The Morgan fingerprint density at radius 3 is 2.81 bits per heavy atom. The van der Waals surface area contributed by atoms with E-state index in [9.17, 15) is 8.42 Å². The van der Waals surface area contributed by atoms with E-state index in [1.807, 2.05) is 0 Å². The molecule has 2 heterocycles. The van der Waals surface area contributed by atoms with Crippen LogP contribution in [0.15, 0.2) is 46.3 Å². The summed E-state index contributed by atoms with van der Waals surface area (Å²) in [6.07, 6.45) is 2.68. The van der Waals surface area contributed by atoms with Gasteiger partial charge in [-0.3, -0.25) is 4.98 Å². The Morgan fingerprint density at radius 2 is 2.10 bits per heavy atom. The summed E-state index contributed by atoms with van der Waals surface area (Å²) in [6.45, 7) is 0.0907. The number of halogens is 1. The van der Waals surface area contributed by atoms with Crippen LogP contribution in [0.5, 0.6) is 5.75 Å². The lowest BCUT2D eigenvalue weighted by molar-refractivity contribution is 0.289. The molecule has 0 atom stereocenters. The average Bonchev–Trinajstić information content (AvgIpc) is 2.96. The van der Waals surface area contributed by atoms with Gasteiger partial charge in [0.2, 0.25) is 12.2 Å². The molecule has 3 rings (SSSR count). The Balaban J connectivity index is 2.05. The lowest BCUT2D eigenvalue weighted by Crippen LogP contribution is -2.00. The van der Waals surface area contributed by atoms with Crippen LogP contribution in [0.2, 0.25) is 0 Å². The molecule has 0 bridgehead atoms. The molecule has 0 aliphatic carbocycles. The highest BCUT2D eigenvalue weighted by Crippen LogP contribution is 2.31. The number of ether oxygens (including phenoxy) is 1. The smallest absolute Gasteiger partial charge is 0.263 e. The summed E-state index contributed by atoms with van der Waals surface area (Å²) in [4.78, 5) is 7.83. The molecule has 0 spiro atoms. The van der Waals surface area contributed by atoms with Crippen LogP contribution in [0.4, 0.5) is 0 Å². The third kappa shape index (κ3) is 2.81. The molecule has 21 heavy (non-hydrogen) atoms. The van der Waals surface area contributed by atoms with E-state index in [2.05, 4.69) is 19.6 Å². The van der Waals surface area contributed by atoms with Gasteiger partial charge in [0.05, 0.1) is 5.52 Å². The first-order valence-corrected chi connectivity index (χ1v) is 8.07. The van der Waals surface area contributed by atoms with Gasteiger partial charge in [0, 0.05) is 22.3 Å². The number of pyridine rings is 1. The lowest BCUT2D eigenvalue weighted by atomic mass is 10.2. The Hall–Kier alpha value is -2.19. The second kappa shape index (κ2) is 5.30. The van der Waals surface area contributed by atoms with Crippen LogP contribution in [-0.4, -0.2) is 23.5 Å². The van der Waals surface area contributed by atoms with E-state index < -0.39 is 9.05 Å². The fourth-order valence-electron chi connectivity index (χ4n) is 1.84. The maximum Gasteiger partial charge on any atom is 0.263 e. The van der Waals surface area contributed by atoms with Crippen LogP contribution in [0.1, 0.15) is 5.82 Å². The third-order valence-corrected chi connectivity index (χ3v) is 4.07. The second-order valence-corrected chi connectivity index (χ2v) is 6.57. The Kier molecular flexibility index (Phi) is 3.48. The van der Waals surface area contributed by atoms with Gasteiger partial charge in [-0.1, -0.05) is 5.16 Å². The van der Waals surface area contributed by atoms with Crippen LogP contribution < -0.4 is 4.74 Å². The van der Waals surface area contributed by atoms with Crippen LogP contribution in [0, 0.1) is 0 Å². The SMILES string of the molecule is O=S(=O)(Cl)c1ccc(OCc2ncon2)c2cccnc12. The first kappa shape index (κ1) is 13.8. The normalized spacial score (nSPS) is 11.7. The molecule has 0 saturated heterocycles. The fourth-order valence-corrected chi connectivity index (χ4v) is 2.84. The Morgan fingerprint density at radius 1 is 1.24 bits per heavy atom. The van der Waals surface area contributed by atoms with Gasteiger partial charge in [-0.05, 0) is 24.3 Å². The van der Waals surface area contributed by atoms with Crippen molar-refractivity contribution in [3.05, 3.63) is 42.7 Å². The van der Waals surface area contributed by atoms with Crippen molar-refractivity contribution in [1.82, 2.24) is 15.1 Å². The van der Waals surface area contributed by atoms with Gasteiger partial charge >= 0.3 is 0 Å². The van der Waals surface area contributed by atoms with Crippen molar-refractivity contribution in [3.8, 4) is 5.75 Å². The van der Waals surface area contributed by atoms with Crippen molar-refractivity contribution in [2.45, 2.75) is 11.5 Å². The van der Waals surface area contributed by atoms with Crippen molar-refractivity contribution in [2.75, 3.05) is 0 Å². The summed E-state index contributed by atoms with van der Waals surface area (Å²) in [6, 6.07) is 6.23. The maximum absolute atomic E-state index is 11.6. The van der Waals surface area contributed by atoms with E-state index in [0.717, 1.165) is 0 Å². The zero-order valence-electron chi connectivity index (χ0n) is 10.4. The summed E-state index contributed by atoms with van der Waals surface area (Å²) in [5, 5.41) is 4.15. The molecule has 2 aromatic heterocycles. The minimum Gasteiger partial charge on any atom is -0.485 e. The zero-order chi connectivity index (χ0) is 14.9. The topological polar surface area (TPSA) is 95.2 Å². The highest BCUT2D eigenvalue weighted by Gasteiger charge is 2.17. The van der Waals surface area contributed by atoms with Crippen LogP contribution in [0.25, 0.3) is 10.9 Å². The molecule has 3 aromatic rings. The van der Waals surface area contributed by atoms with Gasteiger partial charge in [-0.2, -0.15) is 4.98 Å². The largest absolute Gasteiger partial charge is 0.485 e. The van der Waals surface area contributed by atoms with Crippen molar-refractivity contribution in [2.24, 2.45) is 0 Å². The molecule has 7 nitrogen and oxygen atoms in total. The van der Waals surface area contributed by atoms with E-state index in [-0.39, 0.29) is 17.0 Å². The van der Waals surface area contributed by atoms with E-state index in [1.165, 1.54) is 24.7 Å². The summed E-state index contributed by atoms with van der Waals surface area (Å²) in [7, 11) is 1.52. The summed E-state index contributed by atoms with van der Waals surface area (Å²) in [5.74, 6) is 0.827. The van der Waals surface area contributed by atoms with Crippen molar-refractivity contribution < 1.29 is 17.7 Å². The number of hydrogen-bond donors (Lipinski definition) is 0. The van der Waals surface area contributed by atoms with E-state index in [0.29, 0.717) is 17.0 Å². The average molecular weight is 326 g/mol. The molecule has 0 saturated carbocycles. The molecule has 0 fully saturated rings.